The summed E-state index contributed by atoms with van der Waals surface area (Å²) in [4.78, 5) is 14.4. The van der Waals surface area contributed by atoms with E-state index in [4.69, 9.17) is 8.37 Å². The van der Waals surface area contributed by atoms with Gasteiger partial charge >= 0.3 is 21.3 Å². The minimum atomic E-state index is -5.87. The molecule has 4 aliphatic rings. The summed E-state index contributed by atoms with van der Waals surface area (Å²) in [5.41, 5.74) is 1.85. The highest BCUT2D eigenvalue weighted by atomic mass is 32.3. The molecule has 9 heteroatoms. The number of ether oxygens (including phenoxy) is 1. The third-order valence-electron chi connectivity index (χ3n) is 10.3. The first-order chi connectivity index (χ1) is 22.5. The van der Waals surface area contributed by atoms with Crippen LogP contribution in [0, 0.1) is 24.2 Å². The van der Waals surface area contributed by atoms with Crippen molar-refractivity contribution in [1.82, 2.24) is 0 Å². The molecule has 47 heavy (non-hydrogen) atoms. The van der Waals surface area contributed by atoms with Gasteiger partial charge in [0.25, 0.3) is 0 Å². The van der Waals surface area contributed by atoms with E-state index in [1.807, 2.05) is 6.92 Å². The zero-order valence-electron chi connectivity index (χ0n) is 26.2. The van der Waals surface area contributed by atoms with Crippen molar-refractivity contribution < 1.29 is 30.4 Å². The normalized spacial score (nSPS) is 25.8. The zero-order valence-corrected chi connectivity index (χ0v) is 27.8. The first-order valence-electron chi connectivity index (χ1n) is 16.0. The topological polar surface area (TPSA) is 69.7 Å². The lowest BCUT2D eigenvalue weighted by atomic mass is 9.43. The molecule has 4 aliphatic carbocycles. The smallest absolute Gasteiger partial charge is 0.460 e. The Morgan fingerprint density at radius 3 is 1.68 bits per heavy atom. The molecule has 2 atom stereocenters. The molecular formula is C38H38F2O5S2. The van der Waals surface area contributed by atoms with Crippen molar-refractivity contribution in [2.75, 3.05) is 6.61 Å². The van der Waals surface area contributed by atoms with Crippen LogP contribution in [-0.4, -0.2) is 26.2 Å². The summed E-state index contributed by atoms with van der Waals surface area (Å²) in [5.74, 6) is -1.27. The van der Waals surface area contributed by atoms with E-state index in [2.05, 4.69) is 24.3 Å². The van der Waals surface area contributed by atoms with Crippen molar-refractivity contribution in [1.29, 1.82) is 0 Å². The van der Waals surface area contributed by atoms with E-state index < -0.39 is 37.1 Å². The molecule has 0 N–H and O–H groups in total. The molecule has 4 aromatic carbocycles. The van der Waals surface area contributed by atoms with Crippen molar-refractivity contribution in [2.24, 2.45) is 17.3 Å². The second-order valence-electron chi connectivity index (χ2n) is 13.7. The Labute approximate surface area is 277 Å². The fraction of sp³-hybridized carbons (Fsp3) is 0.342. The third kappa shape index (κ3) is 5.60. The molecule has 0 saturated heterocycles. The average molecular weight is 677 g/mol. The summed E-state index contributed by atoms with van der Waals surface area (Å²) in [6.45, 7) is 1.80. The molecule has 0 aromatic heterocycles. The molecule has 5 nitrogen and oxygen atoms in total. The molecule has 246 valence electrons. The summed E-state index contributed by atoms with van der Waals surface area (Å²) in [7, 11) is -9.15. The summed E-state index contributed by atoms with van der Waals surface area (Å²) < 4.78 is 70.7. The average Bonchev–Trinajstić information content (AvgIpc) is 3.07. The standard InChI is InChI=1S/C38H38F2O5S2/c1-28-17-19-31(20-18-28)37-24-29-21-30(25-37)23-36(22-29,26-37)27-44-35(41)38(39,40)47(42,43)45-46(32-11-5-2-6-12-32,33-13-7-3-8-14-33)34-15-9-4-10-16-34/h2-20,29-30H,21-27H2,1H3. The SMILES string of the molecule is Cc1ccc(C23CC4CC(CC(COC(=O)C(F)(F)S(=O)(=O)OS(c5ccccc5)(c5ccccc5)c5ccccc5)(C4)C2)C3)cc1. The van der Waals surface area contributed by atoms with Crippen LogP contribution in [0.5, 0.6) is 0 Å². The number of hydrogen-bond donors (Lipinski definition) is 0. The molecule has 0 aliphatic heterocycles. The maximum atomic E-state index is 16.0. The fourth-order valence-corrected chi connectivity index (χ4v) is 13.9. The minimum absolute atomic E-state index is 0.0914. The van der Waals surface area contributed by atoms with E-state index in [1.54, 1.807) is 91.0 Å². The predicted molar refractivity (Wildman–Crippen MR) is 178 cm³/mol. The van der Waals surface area contributed by atoms with Crippen LogP contribution in [0.4, 0.5) is 8.78 Å². The molecule has 0 radical (unpaired) electrons. The molecule has 0 heterocycles. The van der Waals surface area contributed by atoms with Gasteiger partial charge in [-0.25, -0.2) is 8.42 Å². The highest BCUT2D eigenvalue weighted by Crippen LogP contribution is 2.71. The molecule has 4 saturated carbocycles. The Kier molecular flexibility index (Phi) is 8.09. The Morgan fingerprint density at radius 1 is 0.745 bits per heavy atom. The number of benzene rings is 4. The largest absolute Gasteiger partial charge is 0.466 e. The van der Waals surface area contributed by atoms with E-state index in [9.17, 15) is 13.2 Å². The maximum absolute atomic E-state index is 16.0. The second-order valence-corrected chi connectivity index (χ2v) is 18.2. The monoisotopic (exact) mass is 676 g/mol. The third-order valence-corrected chi connectivity index (χ3v) is 15.5. The van der Waals surface area contributed by atoms with Crippen molar-refractivity contribution in [2.45, 2.75) is 70.8 Å². The summed E-state index contributed by atoms with van der Waals surface area (Å²) in [6, 6.07) is 33.9. The van der Waals surface area contributed by atoms with Gasteiger partial charge in [0, 0.05) is 20.1 Å². The number of esters is 1. The lowest BCUT2D eigenvalue weighted by Gasteiger charge is -2.62. The molecule has 4 bridgehead atoms. The van der Waals surface area contributed by atoms with Gasteiger partial charge in [0.2, 0.25) is 0 Å². The van der Waals surface area contributed by atoms with E-state index >= 15 is 8.78 Å². The first-order valence-corrected chi connectivity index (χ1v) is 19.0. The number of carbonyl (C=O) groups excluding carboxylic acids is 1. The quantitative estimate of drug-likeness (QED) is 0.157. The van der Waals surface area contributed by atoms with Crippen molar-refractivity contribution in [3.05, 3.63) is 126 Å². The molecule has 4 aromatic rings. The van der Waals surface area contributed by atoms with Gasteiger partial charge in [-0.3, -0.25) is 0 Å². The number of halogens is 2. The van der Waals surface area contributed by atoms with Crippen LogP contribution in [0.3, 0.4) is 0 Å². The molecule has 2 unspecified atom stereocenters. The Hall–Kier alpha value is -3.53. The molecule has 0 amide bonds. The van der Waals surface area contributed by atoms with E-state index in [1.165, 1.54) is 11.1 Å². The van der Waals surface area contributed by atoms with Crippen LogP contribution in [0.1, 0.15) is 49.7 Å². The Bertz CT molecular complexity index is 1740. The van der Waals surface area contributed by atoms with Crippen LogP contribution in [0.2, 0.25) is 0 Å². The van der Waals surface area contributed by atoms with Crippen LogP contribution < -0.4 is 0 Å². The molecular weight excluding hydrogens is 639 g/mol. The predicted octanol–water partition coefficient (Wildman–Crippen LogP) is 9.21. The van der Waals surface area contributed by atoms with Crippen LogP contribution in [0.25, 0.3) is 0 Å². The van der Waals surface area contributed by atoms with Gasteiger partial charge in [0.15, 0.2) is 0 Å². The maximum Gasteiger partial charge on any atom is 0.466 e. The fourth-order valence-electron chi connectivity index (χ4n) is 8.81. The van der Waals surface area contributed by atoms with E-state index in [-0.39, 0.29) is 12.0 Å². The summed E-state index contributed by atoms with van der Waals surface area (Å²) in [5, 5.41) is -4.94. The van der Waals surface area contributed by atoms with Crippen molar-refractivity contribution in [3.63, 3.8) is 0 Å². The molecule has 0 spiro atoms. The first kappa shape index (κ1) is 32.0. The van der Waals surface area contributed by atoms with Gasteiger partial charge in [-0.2, -0.15) is 17.2 Å². The van der Waals surface area contributed by atoms with Gasteiger partial charge in [0.05, 0.1) is 6.61 Å². The second kappa shape index (κ2) is 11.9. The van der Waals surface area contributed by atoms with Gasteiger partial charge in [0.1, 0.15) is 0 Å². The van der Waals surface area contributed by atoms with Gasteiger partial charge in [-0.05, 0) is 115 Å². The van der Waals surface area contributed by atoms with Crippen molar-refractivity contribution in [3.8, 4) is 0 Å². The minimum Gasteiger partial charge on any atom is -0.460 e. The van der Waals surface area contributed by atoms with Crippen LogP contribution in [0.15, 0.2) is 130 Å². The van der Waals surface area contributed by atoms with E-state index in [0.29, 0.717) is 26.5 Å². The molecule has 8 rings (SSSR count). The van der Waals surface area contributed by atoms with Crippen LogP contribution in [-0.2, 0) is 28.7 Å². The lowest BCUT2D eigenvalue weighted by molar-refractivity contribution is -0.173. The number of alkyl halides is 2. The highest BCUT2D eigenvalue weighted by molar-refractivity contribution is 8.33. The van der Waals surface area contributed by atoms with Crippen molar-refractivity contribution >= 4 is 26.4 Å². The molecule has 4 fully saturated rings. The highest BCUT2D eigenvalue weighted by Gasteiger charge is 2.62. The zero-order chi connectivity index (χ0) is 32.9. The van der Waals surface area contributed by atoms with E-state index in [0.717, 1.165) is 38.5 Å². The Balaban J connectivity index is 1.18. The Morgan fingerprint density at radius 2 is 1.21 bits per heavy atom. The number of rotatable bonds is 10. The number of carbonyl (C=O) groups is 1. The van der Waals surface area contributed by atoms with Gasteiger partial charge in [-0.15, -0.1) is 0 Å². The lowest BCUT2D eigenvalue weighted by Crippen LogP contribution is -2.56. The number of hydrogen-bond acceptors (Lipinski definition) is 5. The summed E-state index contributed by atoms with van der Waals surface area (Å²) in [6.07, 6.45) is 5.44. The summed E-state index contributed by atoms with van der Waals surface area (Å²) >= 11 is 0. The number of aryl methyl sites for hydroxylation is 1. The van der Waals surface area contributed by atoms with Crippen LogP contribution >= 0.6 is 10.3 Å². The van der Waals surface area contributed by atoms with Gasteiger partial charge in [-0.1, -0.05) is 84.4 Å². The van der Waals surface area contributed by atoms with Gasteiger partial charge < -0.3 is 4.74 Å².